The van der Waals surface area contributed by atoms with E-state index in [-0.39, 0.29) is 6.61 Å². The molecule has 2 rings (SSSR count). The van der Waals surface area contributed by atoms with Gasteiger partial charge in [-0.2, -0.15) is 0 Å². The molecule has 0 saturated heterocycles. The van der Waals surface area contributed by atoms with Gasteiger partial charge in [0.1, 0.15) is 12.4 Å². The highest BCUT2D eigenvalue weighted by atomic mass is 35.5. The minimum Gasteiger partial charge on any atom is -0.486 e. The summed E-state index contributed by atoms with van der Waals surface area (Å²) >= 11 is 7.07. The quantitative estimate of drug-likeness (QED) is 0.737. The Labute approximate surface area is 153 Å². The first-order valence-corrected chi connectivity index (χ1v) is 8.50. The highest BCUT2D eigenvalue weighted by molar-refractivity contribution is 8.00. The highest BCUT2D eigenvalue weighted by Gasteiger charge is 2.19. The van der Waals surface area contributed by atoms with Gasteiger partial charge in [-0.1, -0.05) is 23.4 Å². The number of thioether (sulfide) groups is 1. The summed E-state index contributed by atoms with van der Waals surface area (Å²) in [5, 5.41) is 9.32. The summed E-state index contributed by atoms with van der Waals surface area (Å²) in [5.74, 6) is 0.685. The van der Waals surface area contributed by atoms with Crippen LogP contribution < -0.4 is 10.1 Å². The Morgan fingerprint density at radius 2 is 2.20 bits per heavy atom. The number of carbonyl (C=O) groups excluding carboxylic acids is 2. The average Bonchev–Trinajstić information content (AvgIpc) is 3.03. The van der Waals surface area contributed by atoms with E-state index in [4.69, 9.17) is 16.3 Å². The second-order valence-electron chi connectivity index (χ2n) is 5.01. The van der Waals surface area contributed by atoms with Gasteiger partial charge in [-0.05, 0) is 37.6 Å². The van der Waals surface area contributed by atoms with Gasteiger partial charge < -0.3 is 9.47 Å². The number of methoxy groups -OCH3 is 1. The number of ether oxygens (including phenoxy) is 2. The van der Waals surface area contributed by atoms with Crippen molar-refractivity contribution in [2.45, 2.75) is 30.9 Å². The van der Waals surface area contributed by atoms with E-state index in [9.17, 15) is 9.59 Å². The van der Waals surface area contributed by atoms with E-state index < -0.39 is 17.3 Å². The summed E-state index contributed by atoms with van der Waals surface area (Å²) in [6.07, 6.45) is -0.806. The van der Waals surface area contributed by atoms with Crippen molar-refractivity contribution in [2.24, 2.45) is 0 Å². The number of aromatic amines is 1. The molecule has 8 nitrogen and oxygen atoms in total. The van der Waals surface area contributed by atoms with Crippen LogP contribution in [0.5, 0.6) is 5.75 Å². The van der Waals surface area contributed by atoms with Gasteiger partial charge in [0.2, 0.25) is 11.1 Å². The predicted octanol–water partition coefficient (Wildman–Crippen LogP) is 2.71. The van der Waals surface area contributed by atoms with E-state index in [0.29, 0.717) is 21.8 Å². The molecule has 0 aliphatic heterocycles. The van der Waals surface area contributed by atoms with Crippen molar-refractivity contribution in [1.29, 1.82) is 0 Å². The lowest BCUT2D eigenvalue weighted by Gasteiger charge is -2.07. The van der Waals surface area contributed by atoms with Crippen molar-refractivity contribution in [3.05, 3.63) is 34.6 Å². The maximum Gasteiger partial charge on any atom is 0.413 e. The van der Waals surface area contributed by atoms with Crippen LogP contribution in [0, 0.1) is 6.92 Å². The van der Waals surface area contributed by atoms with Crippen LogP contribution in [-0.2, 0) is 16.1 Å². The molecule has 0 fully saturated rings. The first-order valence-electron chi connectivity index (χ1n) is 7.24. The van der Waals surface area contributed by atoms with Crippen LogP contribution in [0.15, 0.2) is 23.4 Å². The Morgan fingerprint density at radius 1 is 1.44 bits per heavy atom. The lowest BCUT2D eigenvalue weighted by atomic mass is 10.2. The number of benzene rings is 1. The molecule has 134 valence electrons. The molecule has 1 heterocycles. The monoisotopic (exact) mass is 384 g/mol. The zero-order valence-electron chi connectivity index (χ0n) is 13.8. The lowest BCUT2D eigenvalue weighted by Crippen LogP contribution is -2.35. The number of imide groups is 1. The summed E-state index contributed by atoms with van der Waals surface area (Å²) in [5.41, 5.74) is 0.915. The number of aryl methyl sites for hydroxylation is 1. The molecule has 1 aromatic carbocycles. The van der Waals surface area contributed by atoms with E-state index in [1.807, 2.05) is 13.0 Å². The average molecular weight is 385 g/mol. The van der Waals surface area contributed by atoms with Crippen molar-refractivity contribution in [3.8, 4) is 5.75 Å². The van der Waals surface area contributed by atoms with Crippen LogP contribution in [0.4, 0.5) is 4.79 Å². The minimum atomic E-state index is -0.806. The molecule has 10 heteroatoms. The van der Waals surface area contributed by atoms with E-state index in [1.165, 1.54) is 7.11 Å². The van der Waals surface area contributed by atoms with Gasteiger partial charge in [0.15, 0.2) is 5.82 Å². The third-order valence-corrected chi connectivity index (χ3v) is 4.46. The fraction of sp³-hybridized carbons (Fsp3) is 0.333. The number of nitrogens with one attached hydrogen (secondary N) is 2. The van der Waals surface area contributed by atoms with Gasteiger partial charge in [-0.15, -0.1) is 5.10 Å². The van der Waals surface area contributed by atoms with Gasteiger partial charge in [0.05, 0.1) is 12.4 Å². The highest BCUT2D eigenvalue weighted by Crippen LogP contribution is 2.22. The molecule has 2 amide bonds. The largest absolute Gasteiger partial charge is 0.486 e. The zero-order valence-corrected chi connectivity index (χ0v) is 15.4. The molecular formula is C15H17ClN4O4S. The third-order valence-electron chi connectivity index (χ3n) is 3.08. The maximum atomic E-state index is 11.8. The Kier molecular flexibility index (Phi) is 6.65. The van der Waals surface area contributed by atoms with Crippen LogP contribution >= 0.6 is 23.4 Å². The molecular weight excluding hydrogens is 368 g/mol. The van der Waals surface area contributed by atoms with Crippen LogP contribution in [-0.4, -0.2) is 39.5 Å². The summed E-state index contributed by atoms with van der Waals surface area (Å²) in [4.78, 5) is 27.0. The van der Waals surface area contributed by atoms with Gasteiger partial charge in [0, 0.05) is 5.02 Å². The topological polar surface area (TPSA) is 106 Å². The van der Waals surface area contributed by atoms with Crippen LogP contribution in [0.2, 0.25) is 5.02 Å². The third kappa shape index (κ3) is 5.64. The molecule has 1 atom stereocenters. The maximum absolute atomic E-state index is 11.8. The van der Waals surface area contributed by atoms with Gasteiger partial charge >= 0.3 is 6.09 Å². The van der Waals surface area contributed by atoms with E-state index >= 15 is 0 Å². The standard InChI is InChI=1S/C15H17ClN4O4S/c1-8-6-10(4-5-11(8)16)24-7-12-17-14(20-19-12)25-9(2)13(21)18-15(22)23-3/h4-6,9H,7H2,1-3H3,(H,17,19,20)(H,18,21,22)/t9-/m1/s1. The second-order valence-corrected chi connectivity index (χ2v) is 6.72. The minimum absolute atomic E-state index is 0.192. The molecule has 0 aliphatic rings. The van der Waals surface area contributed by atoms with Crippen molar-refractivity contribution >= 4 is 35.4 Å². The summed E-state index contributed by atoms with van der Waals surface area (Å²) in [7, 11) is 1.18. The van der Waals surface area contributed by atoms with Gasteiger partial charge in [-0.25, -0.2) is 9.78 Å². The summed E-state index contributed by atoms with van der Waals surface area (Å²) in [6.45, 7) is 3.71. The number of alkyl carbamates (subject to hydrolysis) is 1. The SMILES string of the molecule is COC(=O)NC(=O)[C@@H](C)Sc1n[nH]c(COc2ccc(Cl)c(C)c2)n1. The van der Waals surface area contributed by atoms with Gasteiger partial charge in [-0.3, -0.25) is 15.2 Å². The molecule has 2 N–H and O–H groups in total. The number of hydrogen-bond donors (Lipinski definition) is 2. The molecule has 0 bridgehead atoms. The number of amides is 2. The number of carbonyl (C=O) groups is 2. The fourth-order valence-electron chi connectivity index (χ4n) is 1.72. The van der Waals surface area contributed by atoms with Crippen LogP contribution in [0.25, 0.3) is 0 Å². The van der Waals surface area contributed by atoms with Gasteiger partial charge in [0.25, 0.3) is 0 Å². The Morgan fingerprint density at radius 3 is 2.88 bits per heavy atom. The number of hydrogen-bond acceptors (Lipinski definition) is 7. The molecule has 0 radical (unpaired) electrons. The normalized spacial score (nSPS) is 11.7. The first kappa shape index (κ1) is 19.1. The Balaban J connectivity index is 1.88. The van der Waals surface area contributed by atoms with E-state index in [0.717, 1.165) is 17.3 Å². The molecule has 0 unspecified atom stereocenters. The first-order chi connectivity index (χ1) is 11.9. The van der Waals surface area contributed by atoms with Crippen LogP contribution in [0.3, 0.4) is 0 Å². The van der Waals surface area contributed by atoms with Crippen molar-refractivity contribution in [2.75, 3.05) is 7.11 Å². The number of H-pyrrole nitrogens is 1. The fourth-order valence-corrected chi connectivity index (χ4v) is 2.58. The van der Waals surface area contributed by atoms with E-state index in [2.05, 4.69) is 25.2 Å². The Hall–Kier alpha value is -2.26. The summed E-state index contributed by atoms with van der Waals surface area (Å²) < 4.78 is 9.99. The molecule has 0 spiro atoms. The van der Waals surface area contributed by atoms with E-state index in [1.54, 1.807) is 19.1 Å². The molecule has 0 saturated carbocycles. The Bertz CT molecular complexity index is 768. The predicted molar refractivity (Wildman–Crippen MR) is 92.8 cm³/mol. The van der Waals surface area contributed by atoms with Crippen molar-refractivity contribution in [3.63, 3.8) is 0 Å². The smallest absolute Gasteiger partial charge is 0.413 e. The molecule has 0 aliphatic carbocycles. The number of rotatable bonds is 6. The van der Waals surface area contributed by atoms with Crippen molar-refractivity contribution < 1.29 is 19.1 Å². The van der Waals surface area contributed by atoms with Crippen molar-refractivity contribution in [1.82, 2.24) is 20.5 Å². The molecule has 25 heavy (non-hydrogen) atoms. The second kappa shape index (κ2) is 8.72. The lowest BCUT2D eigenvalue weighted by molar-refractivity contribution is -0.119. The number of halogens is 1. The van der Waals surface area contributed by atoms with Crippen LogP contribution in [0.1, 0.15) is 18.3 Å². The number of aromatic nitrogens is 3. The molecule has 1 aromatic heterocycles. The number of nitrogens with zero attached hydrogens (tertiary/aromatic N) is 2. The zero-order chi connectivity index (χ0) is 18.4. The summed E-state index contributed by atoms with van der Waals surface area (Å²) in [6, 6.07) is 5.35. The molecule has 2 aromatic rings.